The molecule has 2 rings (SSSR count). The number of hydrogen-bond donors (Lipinski definition) is 0. The van der Waals surface area contributed by atoms with Crippen LogP contribution < -0.4 is 4.90 Å². The summed E-state index contributed by atoms with van der Waals surface area (Å²) in [7, 11) is 1.94. The van der Waals surface area contributed by atoms with E-state index in [9.17, 15) is 4.79 Å². The van der Waals surface area contributed by atoms with E-state index in [0.29, 0.717) is 12.1 Å². The second-order valence-corrected chi connectivity index (χ2v) is 5.33. The lowest BCUT2D eigenvalue weighted by Crippen LogP contribution is -2.20. The van der Waals surface area contributed by atoms with Crippen molar-refractivity contribution >= 4 is 27.5 Å². The maximum atomic E-state index is 11.6. The van der Waals surface area contributed by atoms with Crippen LogP contribution in [-0.2, 0) is 6.54 Å². The van der Waals surface area contributed by atoms with Crippen LogP contribution in [0.1, 0.15) is 22.8 Å². The zero-order chi connectivity index (χ0) is 13.8. The van der Waals surface area contributed by atoms with Crippen molar-refractivity contribution in [3.63, 3.8) is 0 Å². The minimum atomic E-state index is 0.0331. The summed E-state index contributed by atoms with van der Waals surface area (Å²) in [6.07, 6.45) is 1.71. The second-order valence-electron chi connectivity index (χ2n) is 4.41. The van der Waals surface area contributed by atoms with Crippen molar-refractivity contribution in [3.8, 4) is 0 Å². The summed E-state index contributed by atoms with van der Waals surface area (Å²) < 4.78 is 1.06. The van der Waals surface area contributed by atoms with Crippen molar-refractivity contribution in [2.75, 3.05) is 11.9 Å². The predicted octanol–water partition coefficient (Wildman–Crippen LogP) is 3.68. The lowest BCUT2D eigenvalue weighted by atomic mass is 10.1. The number of hydrogen-bond acceptors (Lipinski definition) is 3. The monoisotopic (exact) mass is 318 g/mol. The van der Waals surface area contributed by atoms with Crippen LogP contribution in [0.4, 0.5) is 5.82 Å². The summed E-state index contributed by atoms with van der Waals surface area (Å²) >= 11 is 3.42. The van der Waals surface area contributed by atoms with E-state index < -0.39 is 0 Å². The summed E-state index contributed by atoms with van der Waals surface area (Å²) in [5.74, 6) is 0.753. The van der Waals surface area contributed by atoms with Crippen molar-refractivity contribution in [2.24, 2.45) is 0 Å². The fraction of sp³-hybridized carbons (Fsp3) is 0.200. The van der Waals surface area contributed by atoms with Crippen LogP contribution in [0.25, 0.3) is 0 Å². The third-order valence-corrected chi connectivity index (χ3v) is 3.39. The van der Waals surface area contributed by atoms with Gasteiger partial charge in [-0.25, -0.2) is 4.98 Å². The topological polar surface area (TPSA) is 33.2 Å². The molecule has 0 bridgehead atoms. The van der Waals surface area contributed by atoms with Crippen molar-refractivity contribution in [2.45, 2.75) is 13.5 Å². The lowest BCUT2D eigenvalue weighted by molar-refractivity contribution is 0.101. The first-order chi connectivity index (χ1) is 9.08. The number of Topliss-reactive ketones (excluding diaryl/α,β-unsaturated/α-hetero) is 1. The van der Waals surface area contributed by atoms with E-state index in [0.717, 1.165) is 10.3 Å². The molecule has 19 heavy (non-hydrogen) atoms. The van der Waals surface area contributed by atoms with Gasteiger partial charge in [0.15, 0.2) is 5.78 Å². The number of aromatic nitrogens is 1. The van der Waals surface area contributed by atoms with Crippen LogP contribution in [0.3, 0.4) is 0 Å². The summed E-state index contributed by atoms with van der Waals surface area (Å²) in [5, 5.41) is 0. The van der Waals surface area contributed by atoms with Gasteiger partial charge in [0.1, 0.15) is 5.82 Å². The fourth-order valence-electron chi connectivity index (χ4n) is 1.91. The molecule has 0 aliphatic rings. The van der Waals surface area contributed by atoms with Crippen LogP contribution in [0.15, 0.2) is 47.1 Å². The van der Waals surface area contributed by atoms with Gasteiger partial charge in [0.05, 0.1) is 5.56 Å². The Morgan fingerprint density at radius 3 is 2.58 bits per heavy atom. The highest BCUT2D eigenvalue weighted by Crippen LogP contribution is 2.19. The van der Waals surface area contributed by atoms with Gasteiger partial charge in [-0.2, -0.15) is 0 Å². The van der Waals surface area contributed by atoms with Crippen LogP contribution in [-0.4, -0.2) is 17.8 Å². The Kier molecular flexibility index (Phi) is 4.32. The molecule has 1 heterocycles. The Balaban J connectivity index is 2.22. The molecule has 0 aliphatic carbocycles. The van der Waals surface area contributed by atoms with E-state index in [2.05, 4.69) is 33.0 Å². The van der Waals surface area contributed by atoms with E-state index in [1.54, 1.807) is 19.2 Å². The molecular weight excluding hydrogens is 304 g/mol. The van der Waals surface area contributed by atoms with Gasteiger partial charge < -0.3 is 4.90 Å². The minimum absolute atomic E-state index is 0.0331. The number of anilines is 1. The molecule has 0 saturated carbocycles. The molecule has 0 unspecified atom stereocenters. The fourth-order valence-corrected chi connectivity index (χ4v) is 2.18. The number of benzene rings is 1. The Hall–Kier alpha value is -1.68. The van der Waals surface area contributed by atoms with Crippen LogP contribution in [0.5, 0.6) is 0 Å². The number of ketones is 1. The van der Waals surface area contributed by atoms with Gasteiger partial charge >= 0.3 is 0 Å². The number of rotatable bonds is 4. The molecule has 4 heteroatoms. The molecule has 0 radical (unpaired) electrons. The van der Waals surface area contributed by atoms with Crippen molar-refractivity contribution < 1.29 is 4.79 Å². The SMILES string of the molecule is CC(=O)c1cccnc1N(C)Cc1ccc(Br)cc1. The molecule has 0 N–H and O–H groups in total. The highest BCUT2D eigenvalue weighted by molar-refractivity contribution is 9.10. The first-order valence-electron chi connectivity index (χ1n) is 5.99. The quantitative estimate of drug-likeness (QED) is 0.806. The largest absolute Gasteiger partial charge is 0.355 e. The molecule has 0 atom stereocenters. The molecule has 0 saturated heterocycles. The van der Waals surface area contributed by atoms with Gasteiger partial charge in [-0.15, -0.1) is 0 Å². The maximum Gasteiger partial charge on any atom is 0.163 e. The molecular formula is C15H15BrN2O. The number of carbonyl (C=O) groups is 1. The second kappa shape index (κ2) is 5.97. The Morgan fingerprint density at radius 1 is 1.26 bits per heavy atom. The summed E-state index contributed by atoms with van der Waals surface area (Å²) in [5.41, 5.74) is 1.83. The Labute approximate surface area is 121 Å². The van der Waals surface area contributed by atoms with Gasteiger partial charge in [-0.05, 0) is 36.8 Å². The van der Waals surface area contributed by atoms with Gasteiger partial charge in [-0.3, -0.25) is 4.79 Å². The molecule has 0 aliphatic heterocycles. The highest BCUT2D eigenvalue weighted by atomic mass is 79.9. The molecule has 98 valence electrons. The van der Waals surface area contributed by atoms with E-state index in [4.69, 9.17) is 0 Å². The van der Waals surface area contributed by atoms with Crippen molar-refractivity contribution in [1.82, 2.24) is 4.98 Å². The predicted molar refractivity (Wildman–Crippen MR) is 80.5 cm³/mol. The van der Waals surface area contributed by atoms with E-state index in [-0.39, 0.29) is 5.78 Å². The first kappa shape index (κ1) is 13.7. The average Bonchev–Trinajstić information content (AvgIpc) is 2.41. The van der Waals surface area contributed by atoms with Crippen molar-refractivity contribution in [1.29, 1.82) is 0 Å². The number of pyridine rings is 1. The summed E-state index contributed by atoms with van der Waals surface area (Å²) in [4.78, 5) is 17.9. The first-order valence-corrected chi connectivity index (χ1v) is 6.79. The maximum absolute atomic E-state index is 11.6. The van der Waals surface area contributed by atoms with Gasteiger partial charge in [0, 0.05) is 24.3 Å². The average molecular weight is 319 g/mol. The van der Waals surface area contributed by atoms with Gasteiger partial charge in [-0.1, -0.05) is 28.1 Å². The number of halogens is 1. The number of carbonyl (C=O) groups excluding carboxylic acids is 1. The highest BCUT2D eigenvalue weighted by Gasteiger charge is 2.12. The zero-order valence-corrected chi connectivity index (χ0v) is 12.5. The van der Waals surface area contributed by atoms with Crippen LogP contribution >= 0.6 is 15.9 Å². The third kappa shape index (κ3) is 3.41. The van der Waals surface area contributed by atoms with Gasteiger partial charge in [0.2, 0.25) is 0 Å². The molecule has 1 aromatic heterocycles. The summed E-state index contributed by atoms with van der Waals surface area (Å²) in [6.45, 7) is 2.28. The zero-order valence-electron chi connectivity index (χ0n) is 10.9. The van der Waals surface area contributed by atoms with Gasteiger partial charge in [0.25, 0.3) is 0 Å². The molecule has 0 fully saturated rings. The van der Waals surface area contributed by atoms with E-state index in [1.807, 2.05) is 30.1 Å². The third-order valence-electron chi connectivity index (χ3n) is 2.86. The van der Waals surface area contributed by atoms with E-state index >= 15 is 0 Å². The van der Waals surface area contributed by atoms with E-state index in [1.165, 1.54) is 5.56 Å². The molecule has 0 spiro atoms. The Morgan fingerprint density at radius 2 is 1.95 bits per heavy atom. The summed E-state index contributed by atoms with van der Waals surface area (Å²) in [6, 6.07) is 11.7. The van der Waals surface area contributed by atoms with Crippen LogP contribution in [0.2, 0.25) is 0 Å². The van der Waals surface area contributed by atoms with Crippen molar-refractivity contribution in [3.05, 3.63) is 58.2 Å². The standard InChI is InChI=1S/C15H15BrN2O/c1-11(19)14-4-3-9-17-15(14)18(2)10-12-5-7-13(16)8-6-12/h3-9H,10H2,1-2H3. The minimum Gasteiger partial charge on any atom is -0.355 e. The molecule has 2 aromatic rings. The lowest BCUT2D eigenvalue weighted by Gasteiger charge is -2.20. The Bertz CT molecular complexity index is 581. The molecule has 1 aromatic carbocycles. The smallest absolute Gasteiger partial charge is 0.163 e. The normalized spacial score (nSPS) is 10.3. The molecule has 0 amide bonds. The molecule has 3 nitrogen and oxygen atoms in total. The van der Waals surface area contributed by atoms with Crippen LogP contribution in [0, 0.1) is 0 Å². The number of nitrogens with zero attached hydrogens (tertiary/aromatic N) is 2.